The van der Waals surface area contributed by atoms with E-state index in [1.807, 2.05) is 43.5 Å². The third-order valence-electron chi connectivity index (χ3n) is 4.56. The number of amides is 1. The van der Waals surface area contributed by atoms with Crippen molar-refractivity contribution in [2.75, 3.05) is 11.1 Å². The van der Waals surface area contributed by atoms with Gasteiger partial charge in [-0.3, -0.25) is 14.9 Å². The van der Waals surface area contributed by atoms with Crippen LogP contribution in [0.3, 0.4) is 0 Å². The molecule has 10 heteroatoms. The average Bonchev–Trinajstić information content (AvgIpc) is 3.14. The molecule has 3 rings (SSSR count). The van der Waals surface area contributed by atoms with Crippen molar-refractivity contribution in [2.45, 2.75) is 39.1 Å². The summed E-state index contributed by atoms with van der Waals surface area (Å²) >= 11 is 1.27. The smallest absolute Gasteiger partial charge is 0.269 e. The number of rotatable bonds is 9. The van der Waals surface area contributed by atoms with Crippen LogP contribution < -0.4 is 10.1 Å². The van der Waals surface area contributed by atoms with Crippen LogP contribution in [0.15, 0.2) is 47.6 Å². The minimum atomic E-state index is -0.485. The number of benzene rings is 2. The second-order valence-electron chi connectivity index (χ2n) is 6.79. The molecule has 3 aromatic rings. The van der Waals surface area contributed by atoms with Gasteiger partial charge in [0.25, 0.3) is 5.69 Å². The highest BCUT2D eigenvalue weighted by atomic mass is 32.2. The van der Waals surface area contributed by atoms with Gasteiger partial charge in [-0.2, -0.15) is 0 Å². The third kappa shape index (κ3) is 5.60. The molecule has 1 amide bonds. The third-order valence-corrected chi connectivity index (χ3v) is 5.53. The number of hydrogen-bond donors (Lipinski definition) is 1. The lowest BCUT2D eigenvalue weighted by Gasteiger charge is -2.12. The van der Waals surface area contributed by atoms with E-state index >= 15 is 0 Å². The molecule has 2 aromatic carbocycles. The first-order chi connectivity index (χ1) is 14.9. The van der Waals surface area contributed by atoms with Gasteiger partial charge < -0.3 is 14.6 Å². The predicted octanol–water partition coefficient (Wildman–Crippen LogP) is 4.13. The lowest BCUT2D eigenvalue weighted by Crippen LogP contribution is -2.15. The van der Waals surface area contributed by atoms with Crippen LogP contribution in [0.5, 0.6) is 5.75 Å². The summed E-state index contributed by atoms with van der Waals surface area (Å²) in [6.45, 7) is 6.90. The highest BCUT2D eigenvalue weighted by Crippen LogP contribution is 2.24. The Morgan fingerprint density at radius 2 is 1.84 bits per heavy atom. The number of ether oxygens (including phenoxy) is 1. The minimum Gasteiger partial charge on any atom is -0.485 e. The van der Waals surface area contributed by atoms with E-state index in [4.69, 9.17) is 4.74 Å². The molecule has 0 aliphatic heterocycles. The van der Waals surface area contributed by atoms with Crippen molar-refractivity contribution < 1.29 is 14.5 Å². The zero-order valence-electron chi connectivity index (χ0n) is 17.5. The van der Waals surface area contributed by atoms with E-state index in [2.05, 4.69) is 15.5 Å². The fraction of sp³-hybridized carbons (Fsp3) is 0.286. The first-order valence-corrected chi connectivity index (χ1v) is 10.7. The molecule has 0 atom stereocenters. The highest BCUT2D eigenvalue weighted by Gasteiger charge is 2.15. The first kappa shape index (κ1) is 22.3. The number of non-ortho nitro benzene ring substituents is 1. The van der Waals surface area contributed by atoms with Crippen LogP contribution in [0.1, 0.15) is 23.9 Å². The topological polar surface area (TPSA) is 112 Å². The number of aryl methyl sites for hydroxylation is 2. The van der Waals surface area contributed by atoms with E-state index in [1.165, 1.54) is 36.0 Å². The van der Waals surface area contributed by atoms with E-state index < -0.39 is 4.92 Å². The lowest BCUT2D eigenvalue weighted by atomic mass is 10.1. The maximum Gasteiger partial charge on any atom is 0.269 e. The summed E-state index contributed by atoms with van der Waals surface area (Å²) in [5.41, 5.74) is 2.58. The molecular formula is C21H23N5O4S. The van der Waals surface area contributed by atoms with Crippen LogP contribution >= 0.6 is 11.8 Å². The highest BCUT2D eigenvalue weighted by molar-refractivity contribution is 7.99. The Balaban J connectivity index is 1.59. The number of hydrogen-bond acceptors (Lipinski definition) is 7. The molecule has 162 valence electrons. The summed E-state index contributed by atoms with van der Waals surface area (Å²) in [5.74, 6) is 1.42. The standard InChI is InChI=1S/C21H23N5O4S/c1-4-25-18(12-30-20-14(2)6-5-7-15(20)3)23-24-21(25)31-13-19(27)22-16-8-10-17(11-9-16)26(28)29/h5-11H,4,12-13H2,1-3H3,(H,22,27). The van der Waals surface area contributed by atoms with Crippen LogP contribution in [0, 0.1) is 24.0 Å². The number of nitro groups is 1. The molecule has 31 heavy (non-hydrogen) atoms. The number of thioether (sulfide) groups is 1. The molecule has 0 saturated carbocycles. The van der Waals surface area contributed by atoms with Crippen LogP contribution in [-0.4, -0.2) is 31.3 Å². The van der Waals surface area contributed by atoms with Crippen molar-refractivity contribution in [3.05, 3.63) is 69.5 Å². The van der Waals surface area contributed by atoms with E-state index in [0.29, 0.717) is 23.2 Å². The Morgan fingerprint density at radius 1 is 1.16 bits per heavy atom. The normalized spacial score (nSPS) is 10.7. The molecule has 0 aliphatic carbocycles. The molecule has 9 nitrogen and oxygen atoms in total. The Morgan fingerprint density at radius 3 is 2.45 bits per heavy atom. The van der Waals surface area contributed by atoms with Crippen LogP contribution in [0.25, 0.3) is 0 Å². The van der Waals surface area contributed by atoms with Gasteiger partial charge in [-0.05, 0) is 44.0 Å². The molecule has 1 aromatic heterocycles. The number of aromatic nitrogens is 3. The number of carbonyl (C=O) groups excluding carboxylic acids is 1. The molecule has 1 heterocycles. The fourth-order valence-electron chi connectivity index (χ4n) is 3.01. The summed E-state index contributed by atoms with van der Waals surface area (Å²) < 4.78 is 7.89. The number of nitro benzene ring substituents is 1. The molecule has 0 fully saturated rings. The molecule has 1 N–H and O–H groups in total. The second-order valence-corrected chi connectivity index (χ2v) is 7.74. The molecule has 0 saturated heterocycles. The molecule has 0 aliphatic rings. The van der Waals surface area contributed by atoms with Gasteiger partial charge in [0.05, 0.1) is 10.7 Å². The zero-order chi connectivity index (χ0) is 22.4. The second kappa shape index (κ2) is 10.1. The number of nitrogens with one attached hydrogen (secondary N) is 1. The Labute approximate surface area is 184 Å². The SMILES string of the molecule is CCn1c(COc2c(C)cccc2C)nnc1SCC(=O)Nc1ccc([N+](=O)[O-])cc1. The number of anilines is 1. The van der Waals surface area contributed by atoms with Gasteiger partial charge in [0, 0.05) is 24.4 Å². The average molecular weight is 442 g/mol. The molecule has 0 bridgehead atoms. The monoisotopic (exact) mass is 441 g/mol. The number of nitrogens with zero attached hydrogens (tertiary/aromatic N) is 4. The number of carbonyl (C=O) groups is 1. The van der Waals surface area contributed by atoms with E-state index in [9.17, 15) is 14.9 Å². The van der Waals surface area contributed by atoms with Crippen molar-refractivity contribution in [1.29, 1.82) is 0 Å². The van der Waals surface area contributed by atoms with Crippen molar-refractivity contribution >= 4 is 29.0 Å². The lowest BCUT2D eigenvalue weighted by molar-refractivity contribution is -0.384. The van der Waals surface area contributed by atoms with Gasteiger partial charge in [0.15, 0.2) is 11.0 Å². The van der Waals surface area contributed by atoms with Crippen molar-refractivity contribution in [2.24, 2.45) is 0 Å². The summed E-state index contributed by atoms with van der Waals surface area (Å²) in [4.78, 5) is 22.5. The van der Waals surface area contributed by atoms with Gasteiger partial charge in [-0.1, -0.05) is 30.0 Å². The minimum absolute atomic E-state index is 0.0286. The molecular weight excluding hydrogens is 418 g/mol. The van der Waals surface area contributed by atoms with E-state index in [0.717, 1.165) is 16.9 Å². The summed E-state index contributed by atoms with van der Waals surface area (Å²) in [6, 6.07) is 11.7. The Hall–Kier alpha value is -3.40. The fourth-order valence-corrected chi connectivity index (χ4v) is 3.83. The maximum atomic E-state index is 12.2. The predicted molar refractivity (Wildman–Crippen MR) is 118 cm³/mol. The van der Waals surface area contributed by atoms with Crippen LogP contribution in [0.4, 0.5) is 11.4 Å². The number of para-hydroxylation sites is 1. The molecule has 0 radical (unpaired) electrons. The Kier molecular flexibility index (Phi) is 7.24. The van der Waals surface area contributed by atoms with Crippen molar-refractivity contribution in [3.63, 3.8) is 0 Å². The van der Waals surface area contributed by atoms with Crippen molar-refractivity contribution in [1.82, 2.24) is 14.8 Å². The van der Waals surface area contributed by atoms with Gasteiger partial charge >= 0.3 is 0 Å². The quantitative estimate of drug-likeness (QED) is 0.302. The summed E-state index contributed by atoms with van der Waals surface area (Å²) in [7, 11) is 0. The molecule has 0 spiro atoms. The van der Waals surface area contributed by atoms with Gasteiger partial charge in [0.2, 0.25) is 5.91 Å². The van der Waals surface area contributed by atoms with Gasteiger partial charge in [-0.25, -0.2) is 0 Å². The zero-order valence-corrected chi connectivity index (χ0v) is 18.3. The van der Waals surface area contributed by atoms with Crippen LogP contribution in [0.2, 0.25) is 0 Å². The largest absolute Gasteiger partial charge is 0.485 e. The maximum absolute atomic E-state index is 12.2. The van der Waals surface area contributed by atoms with E-state index in [-0.39, 0.29) is 24.0 Å². The summed E-state index contributed by atoms with van der Waals surface area (Å²) in [5, 5.41) is 22.5. The van der Waals surface area contributed by atoms with Crippen LogP contribution in [-0.2, 0) is 17.9 Å². The molecule has 0 unspecified atom stereocenters. The van der Waals surface area contributed by atoms with Gasteiger partial charge in [-0.15, -0.1) is 10.2 Å². The first-order valence-electron chi connectivity index (χ1n) is 9.67. The van der Waals surface area contributed by atoms with E-state index in [1.54, 1.807) is 0 Å². The van der Waals surface area contributed by atoms with Gasteiger partial charge in [0.1, 0.15) is 12.4 Å². The Bertz CT molecular complexity index is 1060. The van der Waals surface area contributed by atoms with Crippen molar-refractivity contribution in [3.8, 4) is 5.75 Å². The summed E-state index contributed by atoms with van der Waals surface area (Å²) in [6.07, 6.45) is 0.